The molecule has 2 rings (SSSR count). The molecule has 1 amide bonds. The van der Waals surface area contributed by atoms with Crippen LogP contribution in [0.1, 0.15) is 39.5 Å². The maximum Gasteiger partial charge on any atom is 0.226 e. The number of hydrogen-bond donors (Lipinski definition) is 1. The first-order valence-electron chi connectivity index (χ1n) is 7.13. The number of nitrogens with one attached hydrogen (secondary N) is 1. The van der Waals surface area contributed by atoms with E-state index in [4.69, 9.17) is 0 Å². The highest BCUT2D eigenvalue weighted by Crippen LogP contribution is 2.27. The van der Waals surface area contributed by atoms with Gasteiger partial charge in [-0.15, -0.1) is 0 Å². The van der Waals surface area contributed by atoms with Crippen molar-refractivity contribution >= 4 is 11.7 Å². The first-order chi connectivity index (χ1) is 8.61. The average Bonchev–Trinajstić information content (AvgIpc) is 2.39. The molecule has 0 aliphatic carbocycles. The summed E-state index contributed by atoms with van der Waals surface area (Å²) in [5.74, 6) is 0.712. The summed E-state index contributed by atoms with van der Waals surface area (Å²) in [5.41, 5.74) is 0. The Kier molecular flexibility index (Phi) is 4.38. The fraction of sp³-hybridized carbons (Fsp3) is 0.857. The predicted octanol–water partition coefficient (Wildman–Crippen LogP) is 1.20. The van der Waals surface area contributed by atoms with Gasteiger partial charge < -0.3 is 10.2 Å². The quantitative estimate of drug-likeness (QED) is 0.803. The highest BCUT2D eigenvalue weighted by molar-refractivity contribution is 5.83. The van der Waals surface area contributed by atoms with Crippen LogP contribution in [-0.4, -0.2) is 42.3 Å². The summed E-state index contributed by atoms with van der Waals surface area (Å²) in [5, 5.41) is 3.29. The second kappa shape index (κ2) is 5.83. The minimum Gasteiger partial charge on any atom is -0.339 e. The lowest BCUT2D eigenvalue weighted by molar-refractivity contribution is -0.143. The van der Waals surface area contributed by atoms with Crippen molar-refractivity contribution in [3.05, 3.63) is 0 Å². The highest BCUT2D eigenvalue weighted by atomic mass is 16.2. The normalized spacial score (nSPS) is 30.2. The number of amides is 1. The van der Waals surface area contributed by atoms with Crippen LogP contribution in [0.5, 0.6) is 0 Å². The van der Waals surface area contributed by atoms with Gasteiger partial charge >= 0.3 is 0 Å². The second-order valence-electron chi connectivity index (χ2n) is 5.66. The number of Topliss-reactive ketones (excluding diaryl/α,β-unsaturated/α-hetero) is 1. The van der Waals surface area contributed by atoms with Gasteiger partial charge in [0.1, 0.15) is 5.78 Å². The van der Waals surface area contributed by atoms with E-state index in [0.717, 1.165) is 45.3 Å². The maximum absolute atomic E-state index is 12.5. The first-order valence-corrected chi connectivity index (χ1v) is 7.13. The molecule has 0 radical (unpaired) electrons. The van der Waals surface area contributed by atoms with Crippen LogP contribution in [-0.2, 0) is 9.59 Å². The molecule has 2 aliphatic rings. The van der Waals surface area contributed by atoms with Crippen LogP contribution in [0.25, 0.3) is 0 Å². The van der Waals surface area contributed by atoms with Crippen molar-refractivity contribution in [3.63, 3.8) is 0 Å². The van der Waals surface area contributed by atoms with Gasteiger partial charge in [-0.2, -0.15) is 0 Å². The summed E-state index contributed by atoms with van der Waals surface area (Å²) in [7, 11) is 0. The monoisotopic (exact) mass is 252 g/mol. The number of piperidine rings is 2. The Balaban J connectivity index is 2.02. The number of carbonyl (C=O) groups is 2. The standard InChI is InChI=1S/C14H24N2O2/c1-10-13(11(2)17)4-3-9-16(10)14(18)12-5-7-15-8-6-12/h10,12-13,15H,3-9H2,1-2H3. The van der Waals surface area contributed by atoms with Crippen LogP contribution in [0.3, 0.4) is 0 Å². The van der Waals surface area contributed by atoms with Crippen molar-refractivity contribution in [1.82, 2.24) is 10.2 Å². The third kappa shape index (κ3) is 2.74. The molecule has 2 atom stereocenters. The molecule has 0 aromatic rings. The molecule has 2 unspecified atom stereocenters. The third-order valence-electron chi connectivity index (χ3n) is 4.48. The van der Waals surface area contributed by atoms with E-state index in [1.54, 1.807) is 6.92 Å². The lowest BCUT2D eigenvalue weighted by Crippen LogP contribution is -2.51. The Labute approximate surface area is 109 Å². The summed E-state index contributed by atoms with van der Waals surface area (Å²) < 4.78 is 0. The topological polar surface area (TPSA) is 49.4 Å². The molecule has 18 heavy (non-hydrogen) atoms. The van der Waals surface area contributed by atoms with Crippen LogP contribution < -0.4 is 5.32 Å². The van der Waals surface area contributed by atoms with E-state index in [-0.39, 0.29) is 29.6 Å². The van der Waals surface area contributed by atoms with Crippen molar-refractivity contribution in [1.29, 1.82) is 0 Å². The van der Waals surface area contributed by atoms with Gasteiger partial charge in [-0.25, -0.2) is 0 Å². The molecule has 0 bridgehead atoms. The van der Waals surface area contributed by atoms with Gasteiger partial charge in [-0.3, -0.25) is 9.59 Å². The molecule has 0 saturated carbocycles. The van der Waals surface area contributed by atoms with Crippen molar-refractivity contribution < 1.29 is 9.59 Å². The lowest BCUT2D eigenvalue weighted by Gasteiger charge is -2.40. The lowest BCUT2D eigenvalue weighted by atomic mass is 9.85. The Hall–Kier alpha value is -0.900. The van der Waals surface area contributed by atoms with Crippen molar-refractivity contribution in [2.24, 2.45) is 11.8 Å². The van der Waals surface area contributed by atoms with E-state index in [1.807, 2.05) is 11.8 Å². The number of ketones is 1. The fourth-order valence-electron chi connectivity index (χ4n) is 3.30. The van der Waals surface area contributed by atoms with Crippen molar-refractivity contribution in [3.8, 4) is 0 Å². The van der Waals surface area contributed by atoms with Gasteiger partial charge in [-0.1, -0.05) is 0 Å². The van der Waals surface area contributed by atoms with Gasteiger partial charge in [0, 0.05) is 24.4 Å². The predicted molar refractivity (Wildman–Crippen MR) is 70.2 cm³/mol. The Bertz CT molecular complexity index is 324. The molecule has 0 aromatic heterocycles. The molecule has 0 aromatic carbocycles. The molecular formula is C14H24N2O2. The van der Waals surface area contributed by atoms with Crippen LogP contribution in [0.2, 0.25) is 0 Å². The summed E-state index contributed by atoms with van der Waals surface area (Å²) in [6.07, 6.45) is 3.78. The van der Waals surface area contributed by atoms with Gasteiger partial charge in [0.05, 0.1) is 0 Å². The average molecular weight is 252 g/mol. The molecule has 2 aliphatic heterocycles. The van der Waals surface area contributed by atoms with Crippen LogP contribution in [0.15, 0.2) is 0 Å². The van der Waals surface area contributed by atoms with E-state index in [0.29, 0.717) is 0 Å². The van der Waals surface area contributed by atoms with Crippen LogP contribution in [0.4, 0.5) is 0 Å². The van der Waals surface area contributed by atoms with Gasteiger partial charge in [0.15, 0.2) is 0 Å². The molecular weight excluding hydrogens is 228 g/mol. The maximum atomic E-state index is 12.5. The van der Waals surface area contributed by atoms with Crippen LogP contribution in [0, 0.1) is 11.8 Å². The molecule has 4 nitrogen and oxygen atoms in total. The van der Waals surface area contributed by atoms with Gasteiger partial charge in [0.25, 0.3) is 0 Å². The third-order valence-corrected chi connectivity index (χ3v) is 4.48. The molecule has 1 N–H and O–H groups in total. The molecule has 2 saturated heterocycles. The number of likely N-dealkylation sites (tertiary alicyclic amines) is 1. The van der Waals surface area contributed by atoms with Crippen LogP contribution >= 0.6 is 0 Å². The fourth-order valence-corrected chi connectivity index (χ4v) is 3.30. The zero-order chi connectivity index (χ0) is 13.1. The first kappa shape index (κ1) is 13.5. The molecule has 2 heterocycles. The minimum atomic E-state index is 0.0458. The number of nitrogens with zero attached hydrogens (tertiary/aromatic N) is 1. The van der Waals surface area contributed by atoms with Gasteiger partial charge in [-0.05, 0) is 52.6 Å². The van der Waals surface area contributed by atoms with E-state index < -0.39 is 0 Å². The summed E-state index contributed by atoms with van der Waals surface area (Å²) >= 11 is 0. The zero-order valence-corrected chi connectivity index (χ0v) is 11.4. The number of carbonyl (C=O) groups excluding carboxylic acids is 2. The van der Waals surface area contributed by atoms with E-state index in [2.05, 4.69) is 5.32 Å². The van der Waals surface area contributed by atoms with Gasteiger partial charge in [0.2, 0.25) is 5.91 Å². The van der Waals surface area contributed by atoms with Crippen molar-refractivity contribution in [2.45, 2.75) is 45.6 Å². The largest absolute Gasteiger partial charge is 0.339 e. The van der Waals surface area contributed by atoms with Crippen molar-refractivity contribution in [2.75, 3.05) is 19.6 Å². The molecule has 102 valence electrons. The molecule has 2 fully saturated rings. The highest BCUT2D eigenvalue weighted by Gasteiger charge is 2.36. The van der Waals surface area contributed by atoms with E-state index >= 15 is 0 Å². The number of rotatable bonds is 2. The van der Waals surface area contributed by atoms with E-state index in [1.165, 1.54) is 0 Å². The van der Waals surface area contributed by atoms with E-state index in [9.17, 15) is 9.59 Å². The summed E-state index contributed by atoms with van der Waals surface area (Å²) in [6.45, 7) is 6.39. The molecule has 0 spiro atoms. The summed E-state index contributed by atoms with van der Waals surface area (Å²) in [4.78, 5) is 26.1. The summed E-state index contributed by atoms with van der Waals surface area (Å²) in [6, 6.07) is 0.0821. The Morgan fingerprint density at radius 2 is 1.83 bits per heavy atom. The second-order valence-corrected chi connectivity index (χ2v) is 5.66. The minimum absolute atomic E-state index is 0.0458. The molecule has 4 heteroatoms. The Morgan fingerprint density at radius 1 is 1.17 bits per heavy atom. The smallest absolute Gasteiger partial charge is 0.226 e. The Morgan fingerprint density at radius 3 is 2.44 bits per heavy atom. The number of hydrogen-bond acceptors (Lipinski definition) is 3. The SMILES string of the molecule is CC(=O)C1CCCN(C(=O)C2CCNCC2)C1C. The zero-order valence-electron chi connectivity index (χ0n) is 11.4.